The highest BCUT2D eigenvalue weighted by Crippen LogP contribution is 2.31. The van der Waals surface area contributed by atoms with Gasteiger partial charge in [-0.05, 0) is 48.0 Å². The van der Waals surface area contributed by atoms with Crippen molar-refractivity contribution in [1.82, 2.24) is 20.2 Å². The Morgan fingerprint density at radius 3 is 2.84 bits per heavy atom. The molecule has 0 unspecified atom stereocenters. The lowest BCUT2D eigenvalue weighted by Gasteiger charge is -2.02. The first-order valence-electron chi connectivity index (χ1n) is 7.64. The number of aryl methyl sites for hydroxylation is 1. The molecule has 0 amide bonds. The van der Waals surface area contributed by atoms with Crippen molar-refractivity contribution in [2.45, 2.75) is 23.6 Å². The van der Waals surface area contributed by atoms with E-state index in [-0.39, 0.29) is 0 Å². The molecule has 5 nitrogen and oxygen atoms in total. The molecule has 2 aromatic heterocycles. The smallest absolute Gasteiger partial charge is 0.282 e. The van der Waals surface area contributed by atoms with Crippen molar-refractivity contribution in [3.63, 3.8) is 0 Å². The van der Waals surface area contributed by atoms with Gasteiger partial charge in [0.1, 0.15) is 11.4 Å². The lowest BCUT2D eigenvalue weighted by atomic mass is 10.1. The Balaban J connectivity index is 1.60. The zero-order valence-electron chi connectivity index (χ0n) is 13.3. The molecular formula is C18H13ClN4OS. The largest absolute Gasteiger partial charge is 0.415 e. The molecule has 4 rings (SSSR count). The highest BCUT2D eigenvalue weighted by Gasteiger charge is 2.13. The van der Waals surface area contributed by atoms with Crippen molar-refractivity contribution in [2.75, 3.05) is 0 Å². The minimum Gasteiger partial charge on any atom is -0.415 e. The van der Waals surface area contributed by atoms with E-state index in [1.165, 1.54) is 29.2 Å². The molecule has 0 saturated heterocycles. The molecule has 0 N–H and O–H groups in total. The number of aromatic nitrogens is 4. The minimum absolute atomic E-state index is 0.448. The van der Waals surface area contributed by atoms with E-state index in [0.717, 1.165) is 15.9 Å². The van der Waals surface area contributed by atoms with Crippen molar-refractivity contribution in [3.8, 4) is 0 Å². The van der Waals surface area contributed by atoms with Crippen molar-refractivity contribution in [1.29, 1.82) is 0 Å². The molecule has 0 spiro atoms. The molecule has 124 valence electrons. The van der Waals surface area contributed by atoms with Gasteiger partial charge >= 0.3 is 0 Å². The van der Waals surface area contributed by atoms with Gasteiger partial charge in [0.15, 0.2) is 0 Å². The van der Waals surface area contributed by atoms with Crippen LogP contribution in [0.1, 0.15) is 17.0 Å². The van der Waals surface area contributed by atoms with Gasteiger partial charge in [0, 0.05) is 10.4 Å². The van der Waals surface area contributed by atoms with Crippen LogP contribution >= 0.6 is 23.4 Å². The number of hydrogen-bond acceptors (Lipinski definition) is 6. The zero-order valence-corrected chi connectivity index (χ0v) is 14.9. The summed E-state index contributed by atoms with van der Waals surface area (Å²) in [6.07, 6.45) is 2.12. The maximum Gasteiger partial charge on any atom is 0.282 e. The van der Waals surface area contributed by atoms with Crippen LogP contribution < -0.4 is 0 Å². The van der Waals surface area contributed by atoms with Crippen molar-refractivity contribution < 1.29 is 4.42 Å². The van der Waals surface area contributed by atoms with Gasteiger partial charge in [0.2, 0.25) is 5.89 Å². The maximum atomic E-state index is 6.09. The van der Waals surface area contributed by atoms with Gasteiger partial charge in [-0.1, -0.05) is 35.9 Å². The van der Waals surface area contributed by atoms with E-state index in [1.807, 2.05) is 24.3 Å². The van der Waals surface area contributed by atoms with Gasteiger partial charge in [-0.2, -0.15) is 0 Å². The van der Waals surface area contributed by atoms with Gasteiger partial charge in [0.25, 0.3) is 5.22 Å². The van der Waals surface area contributed by atoms with Gasteiger partial charge < -0.3 is 4.42 Å². The Bertz CT molecular complexity index is 1050. The molecule has 7 heteroatoms. The molecule has 4 aromatic rings. The first kappa shape index (κ1) is 16.1. The Hall–Kier alpha value is -2.44. The molecule has 2 heterocycles. The molecule has 0 atom stereocenters. The fourth-order valence-electron chi connectivity index (χ4n) is 2.49. The summed E-state index contributed by atoms with van der Waals surface area (Å²) in [7, 11) is 0. The molecule has 0 fully saturated rings. The second kappa shape index (κ2) is 6.82. The second-order valence-electron chi connectivity index (χ2n) is 5.51. The molecule has 0 aliphatic carbocycles. The second-order valence-corrected chi connectivity index (χ2v) is 6.88. The summed E-state index contributed by atoms with van der Waals surface area (Å²) in [6.45, 7) is 2.07. The molecule has 0 bridgehead atoms. The monoisotopic (exact) mass is 368 g/mol. The first-order valence-corrected chi connectivity index (χ1v) is 8.83. The molecule has 0 radical (unpaired) electrons. The molecular weight excluding hydrogens is 356 g/mol. The predicted octanol–water partition coefficient (Wildman–Crippen LogP) is 4.72. The molecule has 25 heavy (non-hydrogen) atoms. The quantitative estimate of drug-likeness (QED) is 0.486. The zero-order chi connectivity index (χ0) is 17.2. The lowest BCUT2D eigenvalue weighted by Crippen LogP contribution is -1.91. The number of fused-ring (bicyclic) bond motifs is 1. The van der Waals surface area contributed by atoms with Crippen LogP contribution in [0, 0.1) is 6.92 Å². The van der Waals surface area contributed by atoms with Crippen molar-refractivity contribution in [2.24, 2.45) is 0 Å². The molecule has 0 aliphatic heterocycles. The topological polar surface area (TPSA) is 64.7 Å². The third kappa shape index (κ3) is 3.50. The van der Waals surface area contributed by atoms with Gasteiger partial charge in [-0.25, -0.2) is 9.97 Å². The fourth-order valence-corrected chi connectivity index (χ4v) is 3.42. The number of halogens is 1. The highest BCUT2D eigenvalue weighted by molar-refractivity contribution is 7.99. The summed E-state index contributed by atoms with van der Waals surface area (Å²) >= 11 is 7.40. The van der Waals surface area contributed by atoms with Crippen LogP contribution in [0.4, 0.5) is 0 Å². The van der Waals surface area contributed by atoms with Gasteiger partial charge in [0.05, 0.1) is 11.9 Å². The van der Waals surface area contributed by atoms with E-state index in [9.17, 15) is 0 Å². The lowest BCUT2D eigenvalue weighted by molar-refractivity contribution is 0.420. The Morgan fingerprint density at radius 1 is 1.08 bits per heavy atom. The van der Waals surface area contributed by atoms with Crippen LogP contribution in [0.3, 0.4) is 0 Å². The third-order valence-electron chi connectivity index (χ3n) is 3.80. The van der Waals surface area contributed by atoms with Crippen LogP contribution in [-0.2, 0) is 6.42 Å². The Labute approximate surface area is 153 Å². The van der Waals surface area contributed by atoms with E-state index in [0.29, 0.717) is 22.6 Å². The van der Waals surface area contributed by atoms with Crippen molar-refractivity contribution >= 4 is 34.3 Å². The number of hydrogen-bond donors (Lipinski definition) is 0. The van der Waals surface area contributed by atoms with Gasteiger partial charge in [-0.15, -0.1) is 10.2 Å². The Morgan fingerprint density at radius 2 is 1.96 bits per heavy atom. The van der Waals surface area contributed by atoms with Crippen LogP contribution in [0.5, 0.6) is 0 Å². The standard InChI is InChI=1S/C18H13ClN4OS/c1-11-4-2-3-5-12(11)8-16-22-23-18(24-16)25-17-14-9-13(19)6-7-15(14)20-10-21-17/h2-7,9-10H,8H2,1H3. The van der Waals surface area contributed by atoms with Crippen LogP contribution in [0.2, 0.25) is 5.02 Å². The fraction of sp³-hybridized carbons (Fsp3) is 0.111. The van der Waals surface area contributed by atoms with E-state index >= 15 is 0 Å². The Kier molecular flexibility index (Phi) is 4.38. The van der Waals surface area contributed by atoms with E-state index < -0.39 is 0 Å². The summed E-state index contributed by atoms with van der Waals surface area (Å²) < 4.78 is 5.77. The van der Waals surface area contributed by atoms with E-state index in [4.69, 9.17) is 16.0 Å². The molecule has 2 aromatic carbocycles. The summed E-state index contributed by atoms with van der Waals surface area (Å²) in [5, 5.41) is 10.9. The summed E-state index contributed by atoms with van der Waals surface area (Å²) in [5.41, 5.74) is 3.19. The summed E-state index contributed by atoms with van der Waals surface area (Å²) in [6, 6.07) is 13.7. The normalized spacial score (nSPS) is 11.1. The number of rotatable bonds is 4. The molecule has 0 saturated carbocycles. The van der Waals surface area contributed by atoms with Crippen LogP contribution in [-0.4, -0.2) is 20.2 Å². The SMILES string of the molecule is Cc1ccccc1Cc1nnc(Sc2ncnc3ccc(Cl)cc23)o1. The van der Waals surface area contributed by atoms with Gasteiger partial charge in [-0.3, -0.25) is 0 Å². The predicted molar refractivity (Wildman–Crippen MR) is 97.0 cm³/mol. The van der Waals surface area contributed by atoms with E-state index in [2.05, 4.69) is 39.2 Å². The number of benzene rings is 2. The summed E-state index contributed by atoms with van der Waals surface area (Å²) in [4.78, 5) is 8.56. The molecule has 0 aliphatic rings. The average molecular weight is 369 g/mol. The summed E-state index contributed by atoms with van der Waals surface area (Å²) in [5.74, 6) is 0.577. The minimum atomic E-state index is 0.448. The van der Waals surface area contributed by atoms with Crippen LogP contribution in [0.15, 0.2) is 63.5 Å². The van der Waals surface area contributed by atoms with Crippen LogP contribution in [0.25, 0.3) is 10.9 Å². The average Bonchev–Trinajstić information content (AvgIpc) is 3.05. The maximum absolute atomic E-state index is 6.09. The highest BCUT2D eigenvalue weighted by atomic mass is 35.5. The first-order chi connectivity index (χ1) is 12.2. The number of nitrogens with zero attached hydrogens (tertiary/aromatic N) is 4. The van der Waals surface area contributed by atoms with Crippen molar-refractivity contribution in [3.05, 3.63) is 70.8 Å². The van der Waals surface area contributed by atoms with E-state index in [1.54, 1.807) is 6.07 Å². The third-order valence-corrected chi connectivity index (χ3v) is 4.89.